The second-order valence-electron chi connectivity index (χ2n) is 7.79. The molecule has 0 saturated carbocycles. The Hall–Kier alpha value is -2.63. The molecule has 1 heterocycles. The molecule has 2 aromatic carbocycles. The van der Waals surface area contributed by atoms with E-state index in [-0.39, 0.29) is 17.5 Å². The summed E-state index contributed by atoms with van der Waals surface area (Å²) < 4.78 is 5.58. The predicted octanol–water partition coefficient (Wildman–Crippen LogP) is 5.36. The molecular weight excluding hydrogens is 412 g/mol. The Balaban J connectivity index is 1.84. The Kier molecular flexibility index (Phi) is 7.88. The van der Waals surface area contributed by atoms with Gasteiger partial charge in [0.15, 0.2) is 0 Å². The maximum Gasteiger partial charge on any atom is 0.278 e. The molecule has 164 valence electrons. The van der Waals surface area contributed by atoms with Gasteiger partial charge in [0.05, 0.1) is 5.57 Å². The van der Waals surface area contributed by atoms with Gasteiger partial charge in [0.1, 0.15) is 5.70 Å². The van der Waals surface area contributed by atoms with E-state index in [1.54, 1.807) is 6.07 Å². The first-order valence-corrected chi connectivity index (χ1v) is 11.1. The molecule has 1 aliphatic heterocycles. The van der Waals surface area contributed by atoms with Gasteiger partial charge in [-0.25, -0.2) is 0 Å². The number of anilines is 1. The molecule has 1 N–H and O–H groups in total. The molecule has 0 unspecified atom stereocenters. The number of unbranched alkanes of at least 4 members (excludes halogenated alkanes) is 1. The van der Waals surface area contributed by atoms with E-state index in [0.717, 1.165) is 24.0 Å². The summed E-state index contributed by atoms with van der Waals surface area (Å²) in [6, 6.07) is 13.1. The molecule has 2 aromatic rings. The number of nitrogens with zero attached hydrogens (tertiary/aromatic N) is 1. The van der Waals surface area contributed by atoms with Crippen LogP contribution in [0.5, 0.6) is 0 Å². The highest BCUT2D eigenvalue weighted by Crippen LogP contribution is 2.31. The number of amides is 2. The number of nitrogens with one attached hydrogen (secondary N) is 1. The average Bonchev–Trinajstić information content (AvgIpc) is 2.98. The van der Waals surface area contributed by atoms with Crippen LogP contribution < -0.4 is 5.32 Å². The lowest BCUT2D eigenvalue weighted by Crippen LogP contribution is -2.34. The minimum atomic E-state index is -0.328. The molecule has 0 spiro atoms. The Morgan fingerprint density at radius 2 is 1.68 bits per heavy atom. The number of benzene rings is 2. The van der Waals surface area contributed by atoms with Crippen LogP contribution in [-0.4, -0.2) is 36.5 Å². The zero-order valence-electron chi connectivity index (χ0n) is 18.3. The van der Waals surface area contributed by atoms with Crippen molar-refractivity contribution < 1.29 is 14.3 Å². The molecular formula is C25H29ClN2O3. The predicted molar refractivity (Wildman–Crippen MR) is 125 cm³/mol. The normalized spacial score (nSPS) is 14.0. The number of hydrogen-bond acceptors (Lipinski definition) is 4. The van der Waals surface area contributed by atoms with E-state index >= 15 is 0 Å². The quantitative estimate of drug-likeness (QED) is 0.399. The molecule has 6 heteroatoms. The topological polar surface area (TPSA) is 58.6 Å². The highest BCUT2D eigenvalue weighted by Gasteiger charge is 2.38. The fraction of sp³-hybridized carbons (Fsp3) is 0.360. The number of ether oxygens (including phenoxy) is 1. The van der Waals surface area contributed by atoms with Crippen molar-refractivity contribution in [2.45, 2.75) is 40.0 Å². The molecule has 31 heavy (non-hydrogen) atoms. The summed E-state index contributed by atoms with van der Waals surface area (Å²) in [7, 11) is 0. The van der Waals surface area contributed by atoms with Crippen molar-refractivity contribution in [1.29, 1.82) is 0 Å². The first-order chi connectivity index (χ1) is 14.9. The molecule has 2 amide bonds. The van der Waals surface area contributed by atoms with E-state index < -0.39 is 0 Å². The Bertz CT molecular complexity index is 983. The van der Waals surface area contributed by atoms with Crippen molar-refractivity contribution in [2.24, 2.45) is 0 Å². The average molecular weight is 441 g/mol. The largest absolute Gasteiger partial charge is 0.381 e. The van der Waals surface area contributed by atoms with Crippen LogP contribution in [-0.2, 0) is 14.3 Å². The Labute approximate surface area is 189 Å². The minimum absolute atomic E-state index is 0.278. The molecule has 3 rings (SSSR count). The number of aryl methyl sites for hydroxylation is 2. The number of hydrogen-bond donors (Lipinski definition) is 1. The van der Waals surface area contributed by atoms with E-state index in [9.17, 15) is 9.59 Å². The molecule has 5 nitrogen and oxygen atoms in total. The van der Waals surface area contributed by atoms with Crippen molar-refractivity contribution in [3.63, 3.8) is 0 Å². The number of carbonyl (C=O) groups excluding carboxylic acids is 2. The van der Waals surface area contributed by atoms with Gasteiger partial charge in [0, 0.05) is 30.5 Å². The van der Waals surface area contributed by atoms with Crippen molar-refractivity contribution in [3.05, 3.63) is 69.9 Å². The summed E-state index contributed by atoms with van der Waals surface area (Å²) in [5.74, 6) is -0.617. The van der Waals surface area contributed by atoms with Gasteiger partial charge >= 0.3 is 0 Å². The SMILES string of the molecule is CCCCOCCCN1C(=O)C(Nc2ccc(C)c(Cl)c2)=C(c2ccc(C)cc2)C1=O. The van der Waals surface area contributed by atoms with Crippen LogP contribution in [0.15, 0.2) is 48.2 Å². The zero-order chi connectivity index (χ0) is 22.4. The Morgan fingerprint density at radius 1 is 0.968 bits per heavy atom. The van der Waals surface area contributed by atoms with Crippen molar-refractivity contribution in [2.75, 3.05) is 25.1 Å². The van der Waals surface area contributed by atoms with E-state index in [1.807, 2.05) is 50.2 Å². The summed E-state index contributed by atoms with van der Waals surface area (Å²) >= 11 is 6.25. The highest BCUT2D eigenvalue weighted by molar-refractivity contribution is 6.36. The molecule has 0 atom stereocenters. The third-order valence-corrected chi connectivity index (χ3v) is 5.67. The highest BCUT2D eigenvalue weighted by atomic mass is 35.5. The van der Waals surface area contributed by atoms with Gasteiger partial charge < -0.3 is 10.1 Å². The third kappa shape index (κ3) is 5.54. The first-order valence-electron chi connectivity index (χ1n) is 10.7. The standard InChI is InChI=1S/C25H29ClN2O3/c1-4-5-14-31-15-6-13-28-24(29)22(19-10-7-17(2)8-11-19)23(25(28)30)27-20-12-9-18(3)21(26)16-20/h7-12,16,27H,4-6,13-15H2,1-3H3. The van der Waals surface area contributed by atoms with Gasteiger partial charge in [0.2, 0.25) is 0 Å². The van der Waals surface area contributed by atoms with Crippen LogP contribution in [0.25, 0.3) is 5.57 Å². The lowest BCUT2D eigenvalue weighted by molar-refractivity contribution is -0.137. The lowest BCUT2D eigenvalue weighted by atomic mass is 10.0. The number of imide groups is 1. The van der Waals surface area contributed by atoms with E-state index in [2.05, 4.69) is 12.2 Å². The first kappa shape index (κ1) is 23.0. The summed E-state index contributed by atoms with van der Waals surface area (Å²) in [5, 5.41) is 3.75. The van der Waals surface area contributed by atoms with Crippen LogP contribution in [0.1, 0.15) is 42.9 Å². The Morgan fingerprint density at radius 3 is 2.35 bits per heavy atom. The summed E-state index contributed by atoms with van der Waals surface area (Å²) in [4.78, 5) is 27.7. The molecule has 1 aliphatic rings. The number of halogens is 1. The van der Waals surface area contributed by atoms with Crippen LogP contribution in [0.4, 0.5) is 5.69 Å². The van der Waals surface area contributed by atoms with Crippen LogP contribution in [0, 0.1) is 13.8 Å². The maximum absolute atomic E-state index is 13.2. The van der Waals surface area contributed by atoms with E-state index in [4.69, 9.17) is 16.3 Å². The summed E-state index contributed by atoms with van der Waals surface area (Å²) in [6.45, 7) is 7.55. The molecule has 0 aliphatic carbocycles. The smallest absolute Gasteiger partial charge is 0.278 e. The second-order valence-corrected chi connectivity index (χ2v) is 8.19. The van der Waals surface area contributed by atoms with Gasteiger partial charge in [0.25, 0.3) is 11.8 Å². The fourth-order valence-corrected chi connectivity index (χ4v) is 3.55. The lowest BCUT2D eigenvalue weighted by Gasteiger charge is -2.15. The van der Waals surface area contributed by atoms with E-state index in [0.29, 0.717) is 48.0 Å². The molecule has 0 saturated heterocycles. The molecule has 0 aromatic heterocycles. The van der Waals surface area contributed by atoms with Gasteiger partial charge in [-0.05, 0) is 49.9 Å². The van der Waals surface area contributed by atoms with Gasteiger partial charge in [-0.1, -0.05) is 60.8 Å². The molecule has 0 radical (unpaired) electrons. The van der Waals surface area contributed by atoms with E-state index in [1.165, 1.54) is 4.90 Å². The summed E-state index contributed by atoms with van der Waals surface area (Å²) in [6.07, 6.45) is 2.69. The van der Waals surface area contributed by atoms with Crippen LogP contribution in [0.3, 0.4) is 0 Å². The summed E-state index contributed by atoms with van der Waals surface area (Å²) in [5.41, 5.74) is 4.07. The van der Waals surface area contributed by atoms with Crippen LogP contribution >= 0.6 is 11.6 Å². The van der Waals surface area contributed by atoms with Crippen molar-refractivity contribution in [3.8, 4) is 0 Å². The maximum atomic E-state index is 13.2. The van der Waals surface area contributed by atoms with Crippen molar-refractivity contribution in [1.82, 2.24) is 4.90 Å². The fourth-order valence-electron chi connectivity index (χ4n) is 3.37. The monoisotopic (exact) mass is 440 g/mol. The third-order valence-electron chi connectivity index (χ3n) is 5.26. The zero-order valence-corrected chi connectivity index (χ0v) is 19.1. The van der Waals surface area contributed by atoms with Crippen molar-refractivity contribution >= 4 is 34.7 Å². The van der Waals surface area contributed by atoms with Gasteiger partial charge in [-0.2, -0.15) is 0 Å². The molecule has 0 bridgehead atoms. The van der Waals surface area contributed by atoms with Crippen LogP contribution in [0.2, 0.25) is 5.02 Å². The van der Waals surface area contributed by atoms with Gasteiger partial charge in [-0.3, -0.25) is 14.5 Å². The molecule has 0 fully saturated rings. The minimum Gasteiger partial charge on any atom is -0.381 e. The number of carbonyl (C=O) groups is 2. The number of rotatable bonds is 10. The van der Waals surface area contributed by atoms with Gasteiger partial charge in [-0.15, -0.1) is 0 Å². The second kappa shape index (κ2) is 10.6.